The Balaban J connectivity index is 2.00. The van der Waals surface area contributed by atoms with Gasteiger partial charge in [0.15, 0.2) is 12.6 Å². The number of benzene rings is 2. The third-order valence-electron chi connectivity index (χ3n) is 2.96. The quantitative estimate of drug-likeness (QED) is 0.785. The van der Waals surface area contributed by atoms with Crippen molar-refractivity contribution in [1.29, 1.82) is 0 Å². The van der Waals surface area contributed by atoms with E-state index in [0.29, 0.717) is 26.4 Å². The average molecular weight is 389 g/mol. The van der Waals surface area contributed by atoms with Gasteiger partial charge in [-0.1, -0.05) is 46.9 Å². The first-order chi connectivity index (χ1) is 11.3. The van der Waals surface area contributed by atoms with Crippen molar-refractivity contribution in [1.82, 2.24) is 5.32 Å². The van der Waals surface area contributed by atoms with Gasteiger partial charge in [-0.05, 0) is 35.9 Å². The Morgan fingerprint density at radius 1 is 1.00 bits per heavy atom. The number of ether oxygens (including phenoxy) is 1. The molecule has 2 N–H and O–H groups in total. The molecule has 0 aliphatic carbocycles. The number of nitrogens with one attached hydrogen (secondary N) is 1. The lowest BCUT2D eigenvalue weighted by molar-refractivity contribution is -0.142. The number of amides is 1. The van der Waals surface area contributed by atoms with Crippen LogP contribution in [0.3, 0.4) is 0 Å². The second-order valence-corrected chi connectivity index (χ2v) is 6.09. The summed E-state index contributed by atoms with van der Waals surface area (Å²) < 4.78 is 5.27. The topological polar surface area (TPSA) is 75.6 Å². The predicted octanol–water partition coefficient (Wildman–Crippen LogP) is 3.97. The van der Waals surface area contributed by atoms with Gasteiger partial charge in [0, 0.05) is 15.1 Å². The Hall–Kier alpha value is -1.95. The molecule has 0 fully saturated rings. The smallest absolute Gasteiger partial charge is 0.330 e. The van der Waals surface area contributed by atoms with E-state index in [4.69, 9.17) is 39.5 Å². The van der Waals surface area contributed by atoms with E-state index in [1.165, 1.54) is 30.3 Å². The summed E-state index contributed by atoms with van der Waals surface area (Å²) in [6, 6.07) is 9.45. The van der Waals surface area contributed by atoms with Crippen molar-refractivity contribution in [2.75, 3.05) is 6.61 Å². The molecular formula is C16H12Cl3NO4. The second kappa shape index (κ2) is 8.24. The normalized spacial score (nSPS) is 11.6. The van der Waals surface area contributed by atoms with E-state index in [2.05, 4.69) is 5.32 Å². The van der Waals surface area contributed by atoms with Gasteiger partial charge in [0.2, 0.25) is 0 Å². The fraction of sp³-hybridized carbons (Fsp3) is 0.125. The van der Waals surface area contributed by atoms with Crippen molar-refractivity contribution in [2.24, 2.45) is 0 Å². The van der Waals surface area contributed by atoms with Gasteiger partial charge in [-0.3, -0.25) is 4.79 Å². The first kappa shape index (κ1) is 18.4. The summed E-state index contributed by atoms with van der Waals surface area (Å²) in [6.45, 7) is -0.381. The van der Waals surface area contributed by atoms with Crippen LogP contribution in [-0.2, 0) is 9.59 Å². The zero-order chi connectivity index (χ0) is 17.7. The van der Waals surface area contributed by atoms with Crippen molar-refractivity contribution < 1.29 is 19.4 Å². The number of rotatable bonds is 6. The summed E-state index contributed by atoms with van der Waals surface area (Å²) in [4.78, 5) is 23.3. The summed E-state index contributed by atoms with van der Waals surface area (Å²) in [6.07, 6.45) is 0. The average Bonchev–Trinajstić information content (AvgIpc) is 2.50. The summed E-state index contributed by atoms with van der Waals surface area (Å²) in [5.41, 5.74) is 0.394. The maximum atomic E-state index is 11.9. The third-order valence-corrected chi connectivity index (χ3v) is 3.65. The molecule has 0 aliphatic heterocycles. The summed E-state index contributed by atoms with van der Waals surface area (Å²) >= 11 is 17.4. The molecule has 0 spiro atoms. The summed E-state index contributed by atoms with van der Waals surface area (Å²) in [5.74, 6) is -1.49. The molecule has 2 aromatic carbocycles. The van der Waals surface area contributed by atoms with E-state index in [-0.39, 0.29) is 6.61 Å². The van der Waals surface area contributed by atoms with Gasteiger partial charge in [0.25, 0.3) is 5.91 Å². The molecule has 0 saturated heterocycles. The van der Waals surface area contributed by atoms with E-state index in [1.54, 1.807) is 12.1 Å². The highest BCUT2D eigenvalue weighted by atomic mass is 35.5. The van der Waals surface area contributed by atoms with Gasteiger partial charge >= 0.3 is 5.97 Å². The number of hydrogen-bond acceptors (Lipinski definition) is 3. The zero-order valence-electron chi connectivity index (χ0n) is 12.1. The molecule has 1 atom stereocenters. The number of hydrogen-bond donors (Lipinski definition) is 2. The Bertz CT molecular complexity index is 729. The van der Waals surface area contributed by atoms with Crippen molar-refractivity contribution in [3.63, 3.8) is 0 Å². The first-order valence-electron chi connectivity index (χ1n) is 6.71. The van der Waals surface area contributed by atoms with Gasteiger partial charge in [-0.25, -0.2) is 4.79 Å². The Morgan fingerprint density at radius 3 is 2.12 bits per heavy atom. The monoisotopic (exact) mass is 387 g/mol. The molecule has 0 aliphatic rings. The van der Waals surface area contributed by atoms with Crippen LogP contribution in [0.15, 0.2) is 42.5 Å². The van der Waals surface area contributed by atoms with E-state index in [1.807, 2.05) is 0 Å². The number of halogens is 3. The van der Waals surface area contributed by atoms with E-state index in [0.717, 1.165) is 0 Å². The highest BCUT2D eigenvalue weighted by Crippen LogP contribution is 2.24. The van der Waals surface area contributed by atoms with Crippen molar-refractivity contribution >= 4 is 46.7 Å². The maximum Gasteiger partial charge on any atom is 0.330 e. The van der Waals surface area contributed by atoms with Crippen molar-refractivity contribution in [2.45, 2.75) is 6.04 Å². The van der Waals surface area contributed by atoms with Crippen LogP contribution in [0.4, 0.5) is 0 Å². The number of aliphatic carboxylic acids is 1. The minimum atomic E-state index is -1.21. The van der Waals surface area contributed by atoms with Crippen molar-refractivity contribution in [3.05, 3.63) is 63.1 Å². The maximum absolute atomic E-state index is 11.9. The molecule has 5 nitrogen and oxygen atoms in total. The third kappa shape index (κ3) is 5.30. The van der Waals surface area contributed by atoms with Crippen LogP contribution in [0.25, 0.3) is 0 Å². The SMILES string of the molecule is O=C(COc1cc(Cl)cc(Cl)c1)NC(C(=O)O)c1ccc(Cl)cc1. The van der Waals surface area contributed by atoms with Gasteiger partial charge < -0.3 is 15.2 Å². The van der Waals surface area contributed by atoms with E-state index >= 15 is 0 Å². The molecule has 24 heavy (non-hydrogen) atoms. The molecule has 0 bridgehead atoms. The van der Waals surface area contributed by atoms with Gasteiger partial charge in [-0.15, -0.1) is 0 Å². The van der Waals surface area contributed by atoms with Gasteiger partial charge in [-0.2, -0.15) is 0 Å². The number of carboxylic acid groups (broad SMARTS) is 1. The van der Waals surface area contributed by atoms with E-state index in [9.17, 15) is 14.7 Å². The first-order valence-corrected chi connectivity index (χ1v) is 7.85. The molecule has 2 rings (SSSR count). The molecule has 0 radical (unpaired) electrons. The van der Waals surface area contributed by atoms with E-state index < -0.39 is 17.9 Å². The van der Waals surface area contributed by atoms with Gasteiger partial charge in [0.05, 0.1) is 0 Å². The highest BCUT2D eigenvalue weighted by Gasteiger charge is 2.22. The molecule has 0 saturated carbocycles. The van der Waals surface area contributed by atoms with Crippen LogP contribution < -0.4 is 10.1 Å². The fourth-order valence-corrected chi connectivity index (χ4v) is 2.54. The van der Waals surface area contributed by atoms with Crippen LogP contribution in [0, 0.1) is 0 Å². The molecule has 1 unspecified atom stereocenters. The Kier molecular flexibility index (Phi) is 6.31. The van der Waals surface area contributed by atoms with Crippen LogP contribution >= 0.6 is 34.8 Å². The largest absolute Gasteiger partial charge is 0.484 e. The number of carbonyl (C=O) groups excluding carboxylic acids is 1. The van der Waals surface area contributed by atoms with Crippen LogP contribution in [0.1, 0.15) is 11.6 Å². The fourth-order valence-electron chi connectivity index (χ4n) is 1.91. The minimum absolute atomic E-state index is 0.306. The zero-order valence-corrected chi connectivity index (χ0v) is 14.4. The van der Waals surface area contributed by atoms with Crippen molar-refractivity contribution in [3.8, 4) is 5.75 Å². The summed E-state index contributed by atoms with van der Waals surface area (Å²) in [5, 5.41) is 12.9. The van der Waals surface area contributed by atoms with Crippen LogP contribution in [0.5, 0.6) is 5.75 Å². The van der Waals surface area contributed by atoms with Gasteiger partial charge in [0.1, 0.15) is 5.75 Å². The number of carboxylic acids is 1. The lowest BCUT2D eigenvalue weighted by Crippen LogP contribution is -2.36. The molecule has 8 heteroatoms. The molecular weight excluding hydrogens is 377 g/mol. The summed E-state index contributed by atoms with van der Waals surface area (Å²) in [7, 11) is 0. The number of carbonyl (C=O) groups is 2. The molecule has 2 aromatic rings. The standard InChI is InChI=1S/C16H12Cl3NO4/c17-10-3-1-9(2-4-10)15(16(22)23)20-14(21)8-24-13-6-11(18)5-12(19)7-13/h1-7,15H,8H2,(H,20,21)(H,22,23). The molecule has 1 amide bonds. The lowest BCUT2D eigenvalue weighted by atomic mass is 10.1. The highest BCUT2D eigenvalue weighted by molar-refractivity contribution is 6.34. The Morgan fingerprint density at radius 2 is 1.58 bits per heavy atom. The molecule has 0 heterocycles. The second-order valence-electron chi connectivity index (χ2n) is 4.78. The predicted molar refractivity (Wildman–Crippen MR) is 91.9 cm³/mol. The Labute approximate surface area is 153 Å². The van der Waals surface area contributed by atoms with Crippen LogP contribution in [-0.4, -0.2) is 23.6 Å². The molecule has 0 aromatic heterocycles. The molecule has 126 valence electrons. The minimum Gasteiger partial charge on any atom is -0.484 e. The van der Waals surface area contributed by atoms with Crippen LogP contribution in [0.2, 0.25) is 15.1 Å². The lowest BCUT2D eigenvalue weighted by Gasteiger charge is -2.15.